The molecule has 1 aliphatic rings. The van der Waals surface area contributed by atoms with Gasteiger partial charge in [-0.1, -0.05) is 0 Å². The number of likely N-dealkylation sites (tertiary alicyclic amines) is 1. The third-order valence-electron chi connectivity index (χ3n) is 5.59. The lowest BCUT2D eigenvalue weighted by molar-refractivity contribution is 0.138. The molecule has 4 nitrogen and oxygen atoms in total. The molecule has 1 aromatic heterocycles. The van der Waals surface area contributed by atoms with Gasteiger partial charge in [0.2, 0.25) is 0 Å². The molecule has 1 aliphatic heterocycles. The van der Waals surface area contributed by atoms with Crippen molar-refractivity contribution < 1.29 is 8.78 Å². The van der Waals surface area contributed by atoms with Gasteiger partial charge in [0.25, 0.3) is 0 Å². The van der Waals surface area contributed by atoms with Gasteiger partial charge in [0.05, 0.1) is 5.69 Å². The Morgan fingerprint density at radius 1 is 1.26 bits per heavy atom. The second kappa shape index (κ2) is 8.48. The van der Waals surface area contributed by atoms with Gasteiger partial charge < -0.3 is 10.2 Å². The maximum absolute atomic E-state index is 14.1. The SMILES string of the molecule is Cc1nn(-c2ccc(F)cc2F)c(C)c1CNCC1CCCN(C(C)C)C1. The number of nitrogens with zero attached hydrogens (tertiary/aromatic N) is 3. The Balaban J connectivity index is 1.65. The number of nitrogens with one attached hydrogen (secondary N) is 1. The molecule has 1 saturated heterocycles. The van der Waals surface area contributed by atoms with Crippen molar-refractivity contribution in [1.82, 2.24) is 20.0 Å². The summed E-state index contributed by atoms with van der Waals surface area (Å²) in [5, 5.41) is 8.04. The van der Waals surface area contributed by atoms with E-state index in [0.29, 0.717) is 18.5 Å². The first-order valence-corrected chi connectivity index (χ1v) is 9.82. The summed E-state index contributed by atoms with van der Waals surface area (Å²) in [6.07, 6.45) is 2.51. The highest BCUT2D eigenvalue weighted by Gasteiger charge is 2.22. The van der Waals surface area contributed by atoms with Gasteiger partial charge in [-0.3, -0.25) is 0 Å². The van der Waals surface area contributed by atoms with Crippen LogP contribution >= 0.6 is 0 Å². The fourth-order valence-electron chi connectivity index (χ4n) is 3.95. The van der Waals surface area contributed by atoms with Gasteiger partial charge in [-0.15, -0.1) is 0 Å². The van der Waals surface area contributed by atoms with Crippen LogP contribution in [0.1, 0.15) is 43.6 Å². The molecule has 0 bridgehead atoms. The molecule has 27 heavy (non-hydrogen) atoms. The molecule has 2 heterocycles. The average molecular weight is 376 g/mol. The molecule has 2 aromatic rings. The summed E-state index contributed by atoms with van der Waals surface area (Å²) >= 11 is 0. The van der Waals surface area contributed by atoms with E-state index in [0.717, 1.165) is 36.1 Å². The predicted octanol–water partition coefficient (Wildman–Crippen LogP) is 3.98. The van der Waals surface area contributed by atoms with Gasteiger partial charge in [0.1, 0.15) is 11.5 Å². The Bertz CT molecular complexity index is 785. The molecule has 6 heteroatoms. The van der Waals surface area contributed by atoms with Crippen molar-refractivity contribution in [2.75, 3.05) is 19.6 Å². The molecule has 0 spiro atoms. The van der Waals surface area contributed by atoms with E-state index in [9.17, 15) is 8.78 Å². The van der Waals surface area contributed by atoms with Gasteiger partial charge in [-0.05, 0) is 71.7 Å². The lowest BCUT2D eigenvalue weighted by Crippen LogP contribution is -2.42. The molecule has 0 aliphatic carbocycles. The van der Waals surface area contributed by atoms with Crippen LogP contribution in [0, 0.1) is 31.4 Å². The van der Waals surface area contributed by atoms with E-state index in [-0.39, 0.29) is 5.69 Å². The molecule has 3 rings (SSSR count). The monoisotopic (exact) mass is 376 g/mol. The molecule has 1 aromatic carbocycles. The van der Waals surface area contributed by atoms with Crippen molar-refractivity contribution in [3.8, 4) is 5.69 Å². The first-order chi connectivity index (χ1) is 12.9. The van der Waals surface area contributed by atoms with E-state index in [2.05, 4.69) is 29.2 Å². The Kier molecular flexibility index (Phi) is 6.27. The van der Waals surface area contributed by atoms with Crippen LogP contribution < -0.4 is 5.32 Å². The number of halogens is 2. The van der Waals surface area contributed by atoms with Gasteiger partial charge in [0.15, 0.2) is 5.82 Å². The molecule has 0 saturated carbocycles. The molecular weight excluding hydrogens is 346 g/mol. The Morgan fingerprint density at radius 3 is 2.74 bits per heavy atom. The second-order valence-corrected chi connectivity index (χ2v) is 7.88. The Labute approximate surface area is 160 Å². The van der Waals surface area contributed by atoms with Crippen LogP contribution in [0.2, 0.25) is 0 Å². The van der Waals surface area contributed by atoms with Crippen molar-refractivity contribution in [2.24, 2.45) is 5.92 Å². The third kappa shape index (κ3) is 4.55. The Hall–Kier alpha value is -1.79. The lowest BCUT2D eigenvalue weighted by atomic mass is 9.97. The minimum absolute atomic E-state index is 0.281. The van der Waals surface area contributed by atoms with Crippen LogP contribution in [0.4, 0.5) is 8.78 Å². The quantitative estimate of drug-likeness (QED) is 0.828. The van der Waals surface area contributed by atoms with Gasteiger partial charge >= 0.3 is 0 Å². The number of benzene rings is 1. The Morgan fingerprint density at radius 2 is 2.04 bits per heavy atom. The minimum atomic E-state index is -0.601. The third-order valence-corrected chi connectivity index (χ3v) is 5.59. The zero-order valence-corrected chi connectivity index (χ0v) is 16.7. The van der Waals surface area contributed by atoms with Crippen LogP contribution in [0.25, 0.3) is 5.69 Å². The van der Waals surface area contributed by atoms with Crippen LogP contribution in [0.15, 0.2) is 18.2 Å². The van der Waals surface area contributed by atoms with Crippen molar-refractivity contribution in [1.29, 1.82) is 0 Å². The van der Waals surface area contributed by atoms with Crippen LogP contribution in [0.5, 0.6) is 0 Å². The van der Waals surface area contributed by atoms with E-state index in [1.165, 1.54) is 31.5 Å². The molecule has 1 fully saturated rings. The first kappa shape index (κ1) is 20.0. The normalized spacial score (nSPS) is 18.4. The number of piperidine rings is 1. The molecule has 1 N–H and O–H groups in total. The molecular formula is C21H30F2N4. The van der Waals surface area contributed by atoms with Crippen LogP contribution in [-0.2, 0) is 6.54 Å². The smallest absolute Gasteiger partial charge is 0.151 e. The van der Waals surface area contributed by atoms with E-state index in [1.54, 1.807) is 4.68 Å². The standard InChI is InChI=1S/C21H30F2N4/c1-14(2)26-9-5-6-17(13-26)11-24-12-19-15(3)25-27(16(19)4)21-8-7-18(22)10-20(21)23/h7-8,10,14,17,24H,5-6,9,11-13H2,1-4H3. The maximum atomic E-state index is 14.1. The van der Waals surface area contributed by atoms with E-state index < -0.39 is 11.6 Å². The topological polar surface area (TPSA) is 33.1 Å². The van der Waals surface area contributed by atoms with E-state index in [1.807, 2.05) is 13.8 Å². The summed E-state index contributed by atoms with van der Waals surface area (Å²) in [6, 6.07) is 4.19. The van der Waals surface area contributed by atoms with Crippen molar-refractivity contribution in [3.05, 3.63) is 46.8 Å². The zero-order valence-electron chi connectivity index (χ0n) is 16.7. The molecule has 1 atom stereocenters. The number of aryl methyl sites for hydroxylation is 1. The zero-order chi connectivity index (χ0) is 19.6. The summed E-state index contributed by atoms with van der Waals surface area (Å²) in [4.78, 5) is 2.54. The van der Waals surface area contributed by atoms with Crippen molar-refractivity contribution >= 4 is 0 Å². The number of hydrogen-bond donors (Lipinski definition) is 1. The number of aromatic nitrogens is 2. The summed E-state index contributed by atoms with van der Waals surface area (Å²) in [5.41, 5.74) is 3.12. The van der Waals surface area contributed by atoms with Crippen molar-refractivity contribution in [2.45, 2.75) is 53.1 Å². The fraction of sp³-hybridized carbons (Fsp3) is 0.571. The van der Waals surface area contributed by atoms with Gasteiger partial charge in [-0.2, -0.15) is 5.10 Å². The van der Waals surface area contributed by atoms with Gasteiger partial charge in [0, 0.05) is 36.5 Å². The highest BCUT2D eigenvalue weighted by Crippen LogP contribution is 2.22. The maximum Gasteiger partial charge on any atom is 0.151 e. The molecule has 0 radical (unpaired) electrons. The van der Waals surface area contributed by atoms with Crippen LogP contribution in [-0.4, -0.2) is 40.4 Å². The summed E-state index contributed by atoms with van der Waals surface area (Å²) in [7, 11) is 0. The highest BCUT2D eigenvalue weighted by molar-refractivity contribution is 5.38. The molecule has 0 amide bonds. The van der Waals surface area contributed by atoms with Crippen molar-refractivity contribution in [3.63, 3.8) is 0 Å². The predicted molar refractivity (Wildman–Crippen MR) is 104 cm³/mol. The molecule has 148 valence electrons. The highest BCUT2D eigenvalue weighted by atomic mass is 19.1. The number of rotatable bonds is 6. The summed E-state index contributed by atoms with van der Waals surface area (Å²) in [6.45, 7) is 12.4. The second-order valence-electron chi connectivity index (χ2n) is 7.88. The lowest BCUT2D eigenvalue weighted by Gasteiger charge is -2.35. The van der Waals surface area contributed by atoms with E-state index in [4.69, 9.17) is 0 Å². The number of hydrogen-bond acceptors (Lipinski definition) is 3. The van der Waals surface area contributed by atoms with E-state index >= 15 is 0 Å². The summed E-state index contributed by atoms with van der Waals surface area (Å²) < 4.78 is 28.9. The van der Waals surface area contributed by atoms with Crippen LogP contribution in [0.3, 0.4) is 0 Å². The minimum Gasteiger partial charge on any atom is -0.312 e. The average Bonchev–Trinajstić information content (AvgIpc) is 2.90. The van der Waals surface area contributed by atoms with Gasteiger partial charge in [-0.25, -0.2) is 13.5 Å². The largest absolute Gasteiger partial charge is 0.312 e. The summed E-state index contributed by atoms with van der Waals surface area (Å²) in [5.74, 6) is -0.523. The fourth-order valence-corrected chi connectivity index (χ4v) is 3.95. The first-order valence-electron chi connectivity index (χ1n) is 9.82. The molecule has 1 unspecified atom stereocenters.